The van der Waals surface area contributed by atoms with Gasteiger partial charge in [-0.1, -0.05) is 45.4 Å². The number of rotatable bonds is 8. The third-order valence-corrected chi connectivity index (χ3v) is 4.75. The average Bonchev–Trinajstić information content (AvgIpc) is 3.02. The number of aryl methyl sites for hydroxylation is 1. The number of unbranched alkanes of at least 4 members (excludes halogenated alkanes) is 1. The van der Waals surface area contributed by atoms with Crippen molar-refractivity contribution in [1.29, 1.82) is 0 Å². The van der Waals surface area contributed by atoms with E-state index in [1.54, 1.807) is 17.0 Å². The van der Waals surface area contributed by atoms with E-state index >= 15 is 0 Å². The fourth-order valence-electron chi connectivity index (χ4n) is 3.45. The van der Waals surface area contributed by atoms with Crippen molar-refractivity contribution >= 4 is 16.9 Å². The Bertz CT molecular complexity index is 948. The predicted molar refractivity (Wildman–Crippen MR) is 111 cm³/mol. The molecule has 1 heterocycles. The molecule has 0 aliphatic carbocycles. The third kappa shape index (κ3) is 4.58. The van der Waals surface area contributed by atoms with Crippen LogP contribution in [0.5, 0.6) is 0 Å². The highest BCUT2D eigenvalue weighted by atomic mass is 19.1. The maximum absolute atomic E-state index is 13.6. The highest BCUT2D eigenvalue weighted by Gasteiger charge is 2.21. The number of nitrogens with zero attached hydrogens (tertiary/aromatic N) is 3. The van der Waals surface area contributed by atoms with Crippen LogP contribution in [0.1, 0.15) is 49.8 Å². The van der Waals surface area contributed by atoms with Crippen molar-refractivity contribution in [1.82, 2.24) is 14.5 Å². The first-order valence-electron chi connectivity index (χ1n) is 9.98. The quantitative estimate of drug-likeness (QED) is 0.533. The minimum absolute atomic E-state index is 0.165. The molecular weight excluding hydrogens is 353 g/mol. The standard InChI is InChI=1S/C23H28FN3O/c1-4-5-13-27-21-12-7-6-11-20(21)25-22(27)16-26(15-17(2)3)23(28)18-9-8-10-19(24)14-18/h6-12,14,17H,4-5,13,15-16H2,1-3H3. The molecule has 0 radical (unpaired) electrons. The van der Waals surface area contributed by atoms with E-state index in [-0.39, 0.29) is 5.91 Å². The summed E-state index contributed by atoms with van der Waals surface area (Å²) in [6.45, 7) is 8.18. The molecule has 28 heavy (non-hydrogen) atoms. The van der Waals surface area contributed by atoms with Gasteiger partial charge in [0.2, 0.25) is 0 Å². The Kier molecular flexibility index (Phi) is 6.45. The van der Waals surface area contributed by atoms with Crippen molar-refractivity contribution < 1.29 is 9.18 Å². The lowest BCUT2D eigenvalue weighted by Gasteiger charge is -2.25. The molecule has 2 aromatic carbocycles. The number of carbonyl (C=O) groups is 1. The summed E-state index contributed by atoms with van der Waals surface area (Å²) in [6.07, 6.45) is 2.14. The number of hydrogen-bond acceptors (Lipinski definition) is 2. The Morgan fingerprint density at radius 3 is 2.68 bits per heavy atom. The summed E-state index contributed by atoms with van der Waals surface area (Å²) in [5.74, 6) is 0.610. The van der Waals surface area contributed by atoms with Crippen LogP contribution in [0.25, 0.3) is 11.0 Å². The van der Waals surface area contributed by atoms with Crippen LogP contribution in [-0.2, 0) is 13.1 Å². The number of hydrogen-bond donors (Lipinski definition) is 0. The monoisotopic (exact) mass is 381 g/mol. The minimum Gasteiger partial charge on any atom is -0.331 e. The van der Waals surface area contributed by atoms with Crippen LogP contribution in [0.3, 0.4) is 0 Å². The number of aromatic nitrogens is 2. The lowest BCUT2D eigenvalue weighted by atomic mass is 10.1. The molecule has 3 aromatic rings. The SMILES string of the molecule is CCCCn1c(CN(CC(C)C)C(=O)c2cccc(F)c2)nc2ccccc21. The van der Waals surface area contributed by atoms with Crippen LogP contribution in [0, 0.1) is 11.7 Å². The second-order valence-electron chi connectivity index (χ2n) is 7.61. The van der Waals surface area contributed by atoms with Crippen LogP contribution < -0.4 is 0 Å². The zero-order valence-corrected chi connectivity index (χ0v) is 16.9. The molecule has 3 rings (SSSR count). The number of para-hydroxylation sites is 2. The summed E-state index contributed by atoms with van der Waals surface area (Å²) in [7, 11) is 0. The predicted octanol–water partition coefficient (Wildman–Crippen LogP) is 5.27. The number of imidazole rings is 1. The van der Waals surface area contributed by atoms with Gasteiger partial charge in [0.05, 0.1) is 17.6 Å². The van der Waals surface area contributed by atoms with E-state index < -0.39 is 5.82 Å². The van der Waals surface area contributed by atoms with Crippen LogP contribution >= 0.6 is 0 Å². The molecule has 0 unspecified atom stereocenters. The molecule has 0 N–H and O–H groups in total. The number of fused-ring (bicyclic) bond motifs is 1. The van der Waals surface area contributed by atoms with Crippen molar-refractivity contribution in [2.45, 2.75) is 46.7 Å². The van der Waals surface area contributed by atoms with Crippen LogP contribution in [-0.4, -0.2) is 26.9 Å². The number of amides is 1. The van der Waals surface area contributed by atoms with Gasteiger partial charge in [0.25, 0.3) is 5.91 Å². The largest absolute Gasteiger partial charge is 0.331 e. The van der Waals surface area contributed by atoms with E-state index in [4.69, 9.17) is 4.98 Å². The van der Waals surface area contributed by atoms with Gasteiger partial charge in [-0.05, 0) is 42.7 Å². The molecule has 0 atom stereocenters. The normalized spacial score (nSPS) is 11.3. The van der Waals surface area contributed by atoms with E-state index in [9.17, 15) is 9.18 Å². The Labute approximate surface area is 166 Å². The van der Waals surface area contributed by atoms with Gasteiger partial charge in [0.1, 0.15) is 11.6 Å². The molecule has 0 aliphatic rings. The van der Waals surface area contributed by atoms with Gasteiger partial charge in [-0.2, -0.15) is 0 Å². The first kappa shape index (κ1) is 20.1. The van der Waals surface area contributed by atoms with Gasteiger partial charge in [-0.25, -0.2) is 9.37 Å². The summed E-state index contributed by atoms with van der Waals surface area (Å²) < 4.78 is 15.8. The molecule has 4 nitrogen and oxygen atoms in total. The molecule has 0 aliphatic heterocycles. The van der Waals surface area contributed by atoms with Crippen molar-refractivity contribution in [2.24, 2.45) is 5.92 Å². The van der Waals surface area contributed by atoms with E-state index in [1.807, 2.05) is 18.2 Å². The van der Waals surface area contributed by atoms with E-state index in [0.717, 1.165) is 36.2 Å². The lowest BCUT2D eigenvalue weighted by molar-refractivity contribution is 0.0715. The topological polar surface area (TPSA) is 38.1 Å². The molecule has 148 valence electrons. The molecule has 1 amide bonds. The van der Waals surface area contributed by atoms with E-state index in [2.05, 4.69) is 31.4 Å². The Morgan fingerprint density at radius 1 is 1.18 bits per heavy atom. The van der Waals surface area contributed by atoms with Crippen molar-refractivity contribution in [3.05, 3.63) is 65.7 Å². The summed E-state index contributed by atoms with van der Waals surface area (Å²) in [4.78, 5) is 19.7. The fourth-order valence-corrected chi connectivity index (χ4v) is 3.45. The van der Waals surface area contributed by atoms with Gasteiger partial charge in [0.15, 0.2) is 0 Å². The van der Waals surface area contributed by atoms with E-state index in [1.165, 1.54) is 12.1 Å². The van der Waals surface area contributed by atoms with Gasteiger partial charge >= 0.3 is 0 Å². The maximum atomic E-state index is 13.6. The second-order valence-corrected chi connectivity index (χ2v) is 7.61. The van der Waals surface area contributed by atoms with E-state index in [0.29, 0.717) is 24.6 Å². The molecule has 0 spiro atoms. The number of carbonyl (C=O) groups excluding carboxylic acids is 1. The Balaban J connectivity index is 1.95. The van der Waals surface area contributed by atoms with Crippen molar-refractivity contribution in [2.75, 3.05) is 6.54 Å². The first-order chi connectivity index (χ1) is 13.5. The summed E-state index contributed by atoms with van der Waals surface area (Å²) in [6, 6.07) is 14.0. The highest BCUT2D eigenvalue weighted by Crippen LogP contribution is 2.20. The Hall–Kier alpha value is -2.69. The van der Waals surface area contributed by atoms with Gasteiger partial charge in [-0.3, -0.25) is 4.79 Å². The minimum atomic E-state index is -0.398. The fraction of sp³-hybridized carbons (Fsp3) is 0.391. The van der Waals surface area contributed by atoms with Gasteiger partial charge in [0, 0.05) is 18.7 Å². The van der Waals surface area contributed by atoms with Crippen molar-refractivity contribution in [3.63, 3.8) is 0 Å². The third-order valence-electron chi connectivity index (χ3n) is 4.75. The molecule has 0 fully saturated rings. The van der Waals surface area contributed by atoms with Crippen LogP contribution in [0.2, 0.25) is 0 Å². The lowest BCUT2D eigenvalue weighted by Crippen LogP contribution is -2.34. The average molecular weight is 381 g/mol. The first-order valence-corrected chi connectivity index (χ1v) is 9.98. The summed E-state index contributed by atoms with van der Waals surface area (Å²) in [5.41, 5.74) is 2.40. The second kappa shape index (κ2) is 9.00. The van der Waals surface area contributed by atoms with Gasteiger partial charge < -0.3 is 9.47 Å². The molecule has 0 saturated carbocycles. The zero-order valence-electron chi connectivity index (χ0n) is 16.9. The highest BCUT2D eigenvalue weighted by molar-refractivity contribution is 5.94. The summed E-state index contributed by atoms with van der Waals surface area (Å²) >= 11 is 0. The zero-order chi connectivity index (χ0) is 20.1. The molecule has 1 aromatic heterocycles. The van der Waals surface area contributed by atoms with Gasteiger partial charge in [-0.15, -0.1) is 0 Å². The molecule has 0 bridgehead atoms. The van der Waals surface area contributed by atoms with Crippen LogP contribution in [0.4, 0.5) is 4.39 Å². The molecule has 5 heteroatoms. The molecular formula is C23H28FN3O. The van der Waals surface area contributed by atoms with Crippen LogP contribution in [0.15, 0.2) is 48.5 Å². The maximum Gasteiger partial charge on any atom is 0.254 e. The number of benzene rings is 2. The Morgan fingerprint density at radius 2 is 1.96 bits per heavy atom. The number of halogens is 1. The molecule has 0 saturated heterocycles. The van der Waals surface area contributed by atoms with Crippen molar-refractivity contribution in [3.8, 4) is 0 Å². The smallest absolute Gasteiger partial charge is 0.254 e. The summed E-state index contributed by atoms with van der Waals surface area (Å²) in [5, 5.41) is 0.